The quantitative estimate of drug-likeness (QED) is 0.287. The second-order valence-electron chi connectivity index (χ2n) is 10.7. The summed E-state index contributed by atoms with van der Waals surface area (Å²) < 4.78 is 40.2. The predicted molar refractivity (Wildman–Crippen MR) is 161 cm³/mol. The summed E-state index contributed by atoms with van der Waals surface area (Å²) in [5.74, 6) is -0.718. The van der Waals surface area contributed by atoms with E-state index in [9.17, 15) is 22.4 Å². The Morgan fingerprint density at radius 2 is 1.54 bits per heavy atom. The molecule has 1 atom stereocenters. The van der Waals surface area contributed by atoms with Crippen molar-refractivity contribution < 1.29 is 22.4 Å². The normalized spacial score (nSPS) is 12.1. The van der Waals surface area contributed by atoms with E-state index in [0.717, 1.165) is 17.4 Å². The van der Waals surface area contributed by atoms with E-state index >= 15 is 0 Å². The summed E-state index contributed by atoms with van der Waals surface area (Å²) in [6.45, 7) is 6.52. The van der Waals surface area contributed by atoms with Gasteiger partial charge in [-0.05, 0) is 54.2 Å². The van der Waals surface area contributed by atoms with E-state index < -0.39 is 16.1 Å². The number of sulfonamides is 1. The molecule has 0 aliphatic rings. The summed E-state index contributed by atoms with van der Waals surface area (Å²) in [5, 5.41) is 2.97. The zero-order valence-electron chi connectivity index (χ0n) is 24.2. The lowest BCUT2D eigenvalue weighted by Gasteiger charge is -2.32. The van der Waals surface area contributed by atoms with Gasteiger partial charge in [-0.25, -0.2) is 12.8 Å². The van der Waals surface area contributed by atoms with Crippen LogP contribution >= 0.6 is 0 Å². The molecule has 0 aliphatic heterocycles. The van der Waals surface area contributed by atoms with Gasteiger partial charge in [-0.15, -0.1) is 0 Å². The lowest BCUT2D eigenvalue weighted by Crippen LogP contribution is -2.51. The van der Waals surface area contributed by atoms with Crippen molar-refractivity contribution in [3.63, 3.8) is 0 Å². The summed E-state index contributed by atoms with van der Waals surface area (Å²) in [5.41, 5.74) is 2.97. The Hall–Kier alpha value is -3.72. The Labute approximate surface area is 243 Å². The van der Waals surface area contributed by atoms with E-state index in [1.165, 1.54) is 21.3 Å². The van der Waals surface area contributed by atoms with Gasteiger partial charge in [0.2, 0.25) is 21.8 Å². The first-order chi connectivity index (χ1) is 19.5. The molecule has 9 heteroatoms. The molecule has 0 aromatic heterocycles. The van der Waals surface area contributed by atoms with E-state index in [0.29, 0.717) is 24.2 Å². The maximum atomic E-state index is 13.8. The fraction of sp³-hybridized carbons (Fsp3) is 0.375. The van der Waals surface area contributed by atoms with Crippen LogP contribution in [0.2, 0.25) is 0 Å². The highest BCUT2D eigenvalue weighted by molar-refractivity contribution is 7.92. The number of para-hydroxylation sites is 1. The molecule has 0 radical (unpaired) electrons. The zero-order valence-corrected chi connectivity index (χ0v) is 25.0. The van der Waals surface area contributed by atoms with E-state index in [-0.39, 0.29) is 49.5 Å². The second kappa shape index (κ2) is 14.8. The van der Waals surface area contributed by atoms with Gasteiger partial charge in [0.1, 0.15) is 11.9 Å². The number of carbonyl (C=O) groups is 2. The highest BCUT2D eigenvalue weighted by Gasteiger charge is 2.30. The van der Waals surface area contributed by atoms with Crippen molar-refractivity contribution in [2.24, 2.45) is 5.92 Å². The highest BCUT2D eigenvalue weighted by Crippen LogP contribution is 2.23. The molecule has 3 aromatic rings. The Balaban J connectivity index is 1.88. The molecule has 3 aromatic carbocycles. The molecule has 0 spiro atoms. The van der Waals surface area contributed by atoms with Gasteiger partial charge in [-0.1, -0.05) is 74.5 Å². The topological polar surface area (TPSA) is 86.8 Å². The predicted octanol–water partition coefficient (Wildman–Crippen LogP) is 5.09. The minimum absolute atomic E-state index is 0.0296. The second-order valence-corrected chi connectivity index (χ2v) is 12.6. The van der Waals surface area contributed by atoms with Gasteiger partial charge in [-0.2, -0.15) is 0 Å². The van der Waals surface area contributed by atoms with Crippen molar-refractivity contribution in [1.82, 2.24) is 10.2 Å². The number of hydrogen-bond donors (Lipinski definition) is 1. The number of aryl methyl sites for hydroxylation is 1. The van der Waals surface area contributed by atoms with Crippen LogP contribution in [0.3, 0.4) is 0 Å². The molecule has 0 saturated heterocycles. The van der Waals surface area contributed by atoms with Crippen molar-refractivity contribution in [3.8, 4) is 0 Å². The van der Waals surface area contributed by atoms with Crippen LogP contribution in [0, 0.1) is 18.7 Å². The van der Waals surface area contributed by atoms with E-state index in [1.54, 1.807) is 24.3 Å². The number of halogens is 1. The van der Waals surface area contributed by atoms with Crippen LogP contribution in [-0.2, 0) is 32.6 Å². The van der Waals surface area contributed by atoms with Crippen LogP contribution in [0.5, 0.6) is 0 Å². The molecule has 2 amide bonds. The molecular weight excluding hydrogens is 541 g/mol. The van der Waals surface area contributed by atoms with Crippen molar-refractivity contribution in [2.75, 3.05) is 23.7 Å². The van der Waals surface area contributed by atoms with Crippen LogP contribution in [-0.4, -0.2) is 50.5 Å². The standard InChI is InChI=1S/C32H40FN3O4S/c1-24(2)22-34-32(38)30(21-26-12-6-5-7-13-26)35(23-27-16-18-28(33)19-17-27)31(37)15-10-20-36(41(4,39)40)29-14-9-8-11-25(29)3/h5-9,11-14,16-19,24,30H,10,15,20-23H2,1-4H3,(H,34,38)/t30-/m0/s1. The highest BCUT2D eigenvalue weighted by atomic mass is 32.2. The Bertz CT molecular complexity index is 1400. The fourth-order valence-corrected chi connectivity index (χ4v) is 5.61. The van der Waals surface area contributed by atoms with Crippen molar-refractivity contribution >= 4 is 27.5 Å². The molecule has 220 valence electrons. The van der Waals surface area contributed by atoms with E-state index in [4.69, 9.17) is 0 Å². The van der Waals surface area contributed by atoms with Gasteiger partial charge >= 0.3 is 0 Å². The summed E-state index contributed by atoms with van der Waals surface area (Å²) in [4.78, 5) is 28.9. The molecule has 41 heavy (non-hydrogen) atoms. The number of amides is 2. The van der Waals surface area contributed by atoms with Crippen LogP contribution < -0.4 is 9.62 Å². The van der Waals surface area contributed by atoms with E-state index in [1.807, 2.05) is 63.2 Å². The Morgan fingerprint density at radius 3 is 2.15 bits per heavy atom. The molecule has 0 aliphatic carbocycles. The Kier molecular flexibility index (Phi) is 11.5. The minimum atomic E-state index is -3.59. The number of benzene rings is 3. The van der Waals surface area contributed by atoms with Gasteiger partial charge in [0.15, 0.2) is 0 Å². The molecule has 0 unspecified atom stereocenters. The molecule has 7 nitrogen and oxygen atoms in total. The lowest BCUT2D eigenvalue weighted by molar-refractivity contribution is -0.141. The van der Waals surface area contributed by atoms with Crippen LogP contribution in [0.1, 0.15) is 43.4 Å². The average molecular weight is 582 g/mol. The maximum Gasteiger partial charge on any atom is 0.243 e. The van der Waals surface area contributed by atoms with Gasteiger partial charge < -0.3 is 10.2 Å². The first-order valence-electron chi connectivity index (χ1n) is 13.8. The van der Waals surface area contributed by atoms with Crippen molar-refractivity contribution in [2.45, 2.75) is 52.6 Å². The number of nitrogens with one attached hydrogen (secondary N) is 1. The first kappa shape index (κ1) is 31.8. The SMILES string of the molecule is Cc1ccccc1N(CCCC(=O)N(Cc1ccc(F)cc1)[C@@H](Cc1ccccc1)C(=O)NCC(C)C)S(C)(=O)=O. The van der Waals surface area contributed by atoms with Crippen molar-refractivity contribution in [1.29, 1.82) is 0 Å². The summed E-state index contributed by atoms with van der Waals surface area (Å²) in [6.07, 6.45) is 1.74. The molecule has 0 bridgehead atoms. The number of anilines is 1. The third kappa shape index (κ3) is 9.70. The summed E-state index contributed by atoms with van der Waals surface area (Å²) in [6, 6.07) is 21.7. The molecule has 0 heterocycles. The van der Waals surface area contributed by atoms with Crippen LogP contribution in [0.4, 0.5) is 10.1 Å². The Morgan fingerprint density at radius 1 is 0.902 bits per heavy atom. The van der Waals surface area contributed by atoms with Gasteiger partial charge in [0.05, 0.1) is 11.9 Å². The van der Waals surface area contributed by atoms with Crippen LogP contribution in [0.25, 0.3) is 0 Å². The number of rotatable bonds is 14. The maximum absolute atomic E-state index is 13.8. The smallest absolute Gasteiger partial charge is 0.243 e. The molecule has 0 fully saturated rings. The molecule has 0 saturated carbocycles. The van der Waals surface area contributed by atoms with Gasteiger partial charge in [0, 0.05) is 32.5 Å². The molecular formula is C32H40FN3O4S. The third-order valence-electron chi connectivity index (χ3n) is 6.76. The van der Waals surface area contributed by atoms with Crippen molar-refractivity contribution in [3.05, 3.63) is 101 Å². The van der Waals surface area contributed by atoms with Crippen LogP contribution in [0.15, 0.2) is 78.9 Å². The summed E-state index contributed by atoms with van der Waals surface area (Å²) >= 11 is 0. The van der Waals surface area contributed by atoms with Gasteiger partial charge in [-0.3, -0.25) is 13.9 Å². The zero-order chi connectivity index (χ0) is 30.0. The fourth-order valence-electron chi connectivity index (χ4n) is 4.59. The number of hydrogen-bond acceptors (Lipinski definition) is 4. The number of nitrogens with zero attached hydrogens (tertiary/aromatic N) is 2. The number of carbonyl (C=O) groups excluding carboxylic acids is 2. The third-order valence-corrected chi connectivity index (χ3v) is 7.94. The molecule has 1 N–H and O–H groups in total. The molecule has 3 rings (SSSR count). The largest absolute Gasteiger partial charge is 0.354 e. The minimum Gasteiger partial charge on any atom is -0.354 e. The van der Waals surface area contributed by atoms with Gasteiger partial charge in [0.25, 0.3) is 0 Å². The monoisotopic (exact) mass is 581 g/mol. The lowest BCUT2D eigenvalue weighted by atomic mass is 10.0. The van der Waals surface area contributed by atoms with E-state index in [2.05, 4.69) is 5.32 Å². The first-order valence-corrected chi connectivity index (χ1v) is 15.7. The summed E-state index contributed by atoms with van der Waals surface area (Å²) in [7, 11) is -3.59. The average Bonchev–Trinajstić information content (AvgIpc) is 2.93.